The Kier molecular flexibility index (Phi) is 10.9. The van der Waals surface area contributed by atoms with E-state index in [1.807, 2.05) is 6.07 Å². The third kappa shape index (κ3) is 7.96. The largest absolute Gasteiger partial charge is 0.233 e. The van der Waals surface area contributed by atoms with Gasteiger partial charge in [-0.25, -0.2) is 19.9 Å². The predicted molar refractivity (Wildman–Crippen MR) is 234 cm³/mol. The van der Waals surface area contributed by atoms with Crippen LogP contribution in [0.4, 0.5) is 0 Å². The molecule has 2 saturated carbocycles. The summed E-state index contributed by atoms with van der Waals surface area (Å²) in [5.41, 5.74) is 11.2. The highest BCUT2D eigenvalue weighted by molar-refractivity contribution is 5.72. The minimum atomic E-state index is 0.0972. The van der Waals surface area contributed by atoms with Crippen molar-refractivity contribution in [1.82, 2.24) is 19.9 Å². The van der Waals surface area contributed by atoms with Gasteiger partial charge >= 0.3 is 0 Å². The van der Waals surface area contributed by atoms with Crippen LogP contribution in [0.25, 0.3) is 56.5 Å². The lowest BCUT2D eigenvalue weighted by Crippen LogP contribution is -2.41. The first-order valence-electron chi connectivity index (χ1n) is 21.2. The molecule has 7 aromatic rings. The summed E-state index contributed by atoms with van der Waals surface area (Å²) in [6.45, 7) is 2.63. The Labute approximate surface area is 338 Å². The van der Waals surface area contributed by atoms with Crippen molar-refractivity contribution in [2.24, 2.45) is 11.8 Å². The van der Waals surface area contributed by atoms with Gasteiger partial charge in [0.05, 0.1) is 17.1 Å². The van der Waals surface area contributed by atoms with Gasteiger partial charge in [-0.15, -0.1) is 0 Å². The van der Waals surface area contributed by atoms with Crippen LogP contribution < -0.4 is 0 Å². The predicted octanol–water partition coefficient (Wildman–Crippen LogP) is 13.8. The summed E-state index contributed by atoms with van der Waals surface area (Å²) in [7, 11) is 0. The molecule has 4 nitrogen and oxygen atoms in total. The highest BCUT2D eigenvalue weighted by Gasteiger charge is 2.44. The van der Waals surface area contributed by atoms with Crippen LogP contribution in [0, 0.1) is 11.8 Å². The fraction of sp³-hybridized carbons (Fsp3) is 0.283. The topological polar surface area (TPSA) is 51.6 Å². The highest BCUT2D eigenvalue weighted by atomic mass is 14.9. The number of aromatic nitrogens is 4. The third-order valence-electron chi connectivity index (χ3n) is 13.2. The van der Waals surface area contributed by atoms with Gasteiger partial charge in [0, 0.05) is 39.4 Å². The van der Waals surface area contributed by atoms with Gasteiger partial charge in [-0.1, -0.05) is 178 Å². The lowest BCUT2D eigenvalue weighted by molar-refractivity contribution is 0.125. The molecule has 0 aliphatic heterocycles. The zero-order valence-corrected chi connectivity index (χ0v) is 33.1. The summed E-state index contributed by atoms with van der Waals surface area (Å²) >= 11 is 0. The Morgan fingerprint density at radius 2 is 0.789 bits per heavy atom. The third-order valence-corrected chi connectivity index (χ3v) is 13.2. The van der Waals surface area contributed by atoms with Crippen molar-refractivity contribution in [3.05, 3.63) is 169 Å². The number of hydrogen-bond donors (Lipinski definition) is 0. The first-order valence-corrected chi connectivity index (χ1v) is 21.2. The Bertz CT molecular complexity index is 2250. The molecule has 0 saturated heterocycles. The van der Waals surface area contributed by atoms with E-state index in [1.165, 1.54) is 62.6 Å². The molecule has 5 aromatic carbocycles. The number of nitrogens with zero attached hydrogens (tertiary/aromatic N) is 4. The maximum atomic E-state index is 5.27. The number of rotatable bonds is 9. The van der Waals surface area contributed by atoms with Gasteiger partial charge in [0.25, 0.3) is 0 Å². The van der Waals surface area contributed by atoms with Crippen molar-refractivity contribution in [1.29, 1.82) is 0 Å². The Balaban J connectivity index is 1.03. The molecule has 2 fully saturated rings. The molecule has 0 amide bonds. The van der Waals surface area contributed by atoms with Crippen LogP contribution in [0.5, 0.6) is 0 Å². The van der Waals surface area contributed by atoms with E-state index in [-0.39, 0.29) is 5.41 Å². The summed E-state index contributed by atoms with van der Waals surface area (Å²) in [5.74, 6) is 3.29. The standard InChI is InChI=1S/C53H52N4/c1-53(44-26-16-2-3-17-27-44,45-32-28-40(29-33-45)49-36-47(38-18-8-4-9-19-38)54-51(56-49)42-22-12-6-13-23-42)46-34-30-41(31-35-46)50-37-48(39-20-10-5-11-21-39)55-52(57-50)43-24-14-7-15-25-43/h4-15,18-25,28-29,32-33,36-37,41,44,46H,2-3,16-17,26-27,30-31,34-35H2,1H3. The van der Waals surface area contributed by atoms with Gasteiger partial charge in [0.15, 0.2) is 11.6 Å². The van der Waals surface area contributed by atoms with Crippen molar-refractivity contribution in [3.8, 4) is 56.5 Å². The lowest BCUT2D eigenvalue weighted by atomic mass is 9.57. The van der Waals surface area contributed by atoms with Crippen molar-refractivity contribution < 1.29 is 0 Å². The molecule has 9 rings (SSSR count). The molecule has 57 heavy (non-hydrogen) atoms. The second-order valence-corrected chi connectivity index (χ2v) is 16.5. The molecular formula is C53H52N4. The van der Waals surface area contributed by atoms with Gasteiger partial charge in [-0.05, 0) is 73.5 Å². The van der Waals surface area contributed by atoms with E-state index in [0.717, 1.165) is 69.4 Å². The van der Waals surface area contributed by atoms with Crippen LogP contribution >= 0.6 is 0 Å². The zero-order chi connectivity index (χ0) is 38.4. The van der Waals surface area contributed by atoms with Gasteiger partial charge in [0.2, 0.25) is 0 Å². The molecule has 0 spiro atoms. The van der Waals surface area contributed by atoms with E-state index in [2.05, 4.69) is 159 Å². The molecule has 2 aromatic heterocycles. The van der Waals surface area contributed by atoms with Crippen molar-refractivity contribution >= 4 is 0 Å². The Morgan fingerprint density at radius 1 is 0.386 bits per heavy atom. The molecule has 0 N–H and O–H groups in total. The monoisotopic (exact) mass is 744 g/mol. The molecule has 2 aliphatic rings. The van der Waals surface area contributed by atoms with Crippen LogP contribution in [-0.2, 0) is 5.41 Å². The summed E-state index contributed by atoms with van der Waals surface area (Å²) in [5, 5.41) is 0. The maximum Gasteiger partial charge on any atom is 0.160 e. The molecule has 1 unspecified atom stereocenters. The van der Waals surface area contributed by atoms with Crippen LogP contribution in [0.3, 0.4) is 0 Å². The number of benzene rings is 5. The Hall–Kier alpha value is -5.74. The molecule has 2 heterocycles. The maximum absolute atomic E-state index is 5.27. The second-order valence-electron chi connectivity index (χ2n) is 16.5. The van der Waals surface area contributed by atoms with Crippen LogP contribution in [-0.4, -0.2) is 19.9 Å². The molecule has 284 valence electrons. The summed E-state index contributed by atoms with van der Waals surface area (Å²) in [4.78, 5) is 20.5. The number of hydrogen-bond acceptors (Lipinski definition) is 4. The minimum Gasteiger partial charge on any atom is -0.233 e. The smallest absolute Gasteiger partial charge is 0.160 e. The lowest BCUT2D eigenvalue weighted by Gasteiger charge is -2.47. The summed E-state index contributed by atoms with van der Waals surface area (Å²) < 4.78 is 0. The van der Waals surface area contributed by atoms with Gasteiger partial charge in [0.1, 0.15) is 0 Å². The molecule has 0 bridgehead atoms. The average Bonchev–Trinajstić information content (AvgIpc) is 3.60. The van der Waals surface area contributed by atoms with Crippen molar-refractivity contribution in [2.45, 2.75) is 82.5 Å². The SMILES string of the molecule is CC(c1ccc(-c2cc(-c3ccccc3)nc(-c3ccccc3)n2)cc1)(C1CCCCCC1)C1CCC(c2cc(-c3ccccc3)nc(-c3ccccc3)n2)CC1. The van der Waals surface area contributed by atoms with Crippen molar-refractivity contribution in [2.75, 3.05) is 0 Å². The van der Waals surface area contributed by atoms with Gasteiger partial charge in [-0.2, -0.15) is 0 Å². The highest BCUT2D eigenvalue weighted by Crippen LogP contribution is 2.52. The second kappa shape index (κ2) is 16.8. The fourth-order valence-electron chi connectivity index (χ4n) is 9.89. The van der Waals surface area contributed by atoms with Crippen LogP contribution in [0.1, 0.15) is 88.3 Å². The molecule has 1 atom stereocenters. The Morgan fingerprint density at radius 3 is 1.28 bits per heavy atom. The van der Waals surface area contributed by atoms with E-state index in [0.29, 0.717) is 17.8 Å². The molecule has 0 radical (unpaired) electrons. The van der Waals surface area contributed by atoms with Crippen LogP contribution in [0.2, 0.25) is 0 Å². The average molecular weight is 745 g/mol. The van der Waals surface area contributed by atoms with E-state index in [1.54, 1.807) is 0 Å². The normalized spacial score (nSPS) is 18.7. The van der Waals surface area contributed by atoms with Gasteiger partial charge < -0.3 is 0 Å². The van der Waals surface area contributed by atoms with Gasteiger partial charge in [-0.3, -0.25) is 0 Å². The van der Waals surface area contributed by atoms with E-state index in [9.17, 15) is 0 Å². The van der Waals surface area contributed by atoms with E-state index in [4.69, 9.17) is 19.9 Å². The molecule has 4 heteroatoms. The first kappa shape index (κ1) is 36.9. The van der Waals surface area contributed by atoms with E-state index < -0.39 is 0 Å². The fourth-order valence-corrected chi connectivity index (χ4v) is 9.89. The molecule has 2 aliphatic carbocycles. The molecular weight excluding hydrogens is 693 g/mol. The summed E-state index contributed by atoms with van der Waals surface area (Å²) in [6, 6.07) is 55.9. The van der Waals surface area contributed by atoms with Crippen molar-refractivity contribution in [3.63, 3.8) is 0 Å². The summed E-state index contributed by atoms with van der Waals surface area (Å²) in [6.07, 6.45) is 12.7. The first-order chi connectivity index (χ1) is 28.1. The minimum absolute atomic E-state index is 0.0972. The quantitative estimate of drug-likeness (QED) is 0.138. The zero-order valence-electron chi connectivity index (χ0n) is 33.1. The van der Waals surface area contributed by atoms with E-state index >= 15 is 0 Å². The van der Waals surface area contributed by atoms with Crippen LogP contribution in [0.15, 0.2) is 158 Å².